The first-order valence-corrected chi connectivity index (χ1v) is 8.05. The fraction of sp³-hybridized carbons (Fsp3) is 0.438. The zero-order chi connectivity index (χ0) is 17.7. The average Bonchev–Trinajstić information content (AvgIpc) is 2.33. The first kappa shape index (κ1) is 18.2. The van der Waals surface area contributed by atoms with Gasteiger partial charge in [-0.25, -0.2) is 4.79 Å². The summed E-state index contributed by atoms with van der Waals surface area (Å²) in [5.74, 6) is 0. The Morgan fingerprint density at radius 2 is 1.74 bits per heavy atom. The Hall–Kier alpha value is -1.14. The van der Waals surface area contributed by atoms with Gasteiger partial charge in [-0.2, -0.15) is 13.2 Å². The number of alkyl halides is 3. The zero-order valence-electron chi connectivity index (χ0n) is 13.3. The van der Waals surface area contributed by atoms with Gasteiger partial charge in [0.05, 0.1) is 5.02 Å². The van der Waals surface area contributed by atoms with Crippen molar-refractivity contribution in [2.45, 2.75) is 50.4 Å². The van der Waals surface area contributed by atoms with Crippen LogP contribution in [0.15, 0.2) is 20.2 Å². The van der Waals surface area contributed by atoms with E-state index < -0.39 is 17.4 Å². The molecule has 0 amide bonds. The third kappa shape index (κ3) is 3.53. The fourth-order valence-electron chi connectivity index (χ4n) is 2.31. The van der Waals surface area contributed by atoms with Gasteiger partial charge in [0.2, 0.25) is 0 Å². The molecule has 0 N–H and O–H groups in total. The number of thioether (sulfide) groups is 1. The number of hydrogen-bond acceptors (Lipinski definition) is 3. The summed E-state index contributed by atoms with van der Waals surface area (Å²) in [6.45, 7) is 9.01. The van der Waals surface area contributed by atoms with Crippen LogP contribution in [0, 0.1) is 13.8 Å². The predicted molar refractivity (Wildman–Crippen MR) is 87.6 cm³/mol. The summed E-state index contributed by atoms with van der Waals surface area (Å²) in [4.78, 5) is 12.5. The quantitative estimate of drug-likeness (QED) is 0.461. The Morgan fingerprint density at radius 3 is 2.22 bits per heavy atom. The van der Waals surface area contributed by atoms with Gasteiger partial charge in [-0.1, -0.05) is 32.4 Å². The normalized spacial score (nSPS) is 12.9. The Bertz CT molecular complexity index is 833. The molecule has 0 atom stereocenters. The van der Waals surface area contributed by atoms with Gasteiger partial charge in [0.1, 0.15) is 5.56 Å². The minimum Gasteiger partial charge on any atom is -0.421 e. The molecular formula is C16H16ClF3O2S. The van der Waals surface area contributed by atoms with Crippen LogP contribution in [0.4, 0.5) is 13.2 Å². The fourth-order valence-corrected chi connectivity index (χ4v) is 3.73. The van der Waals surface area contributed by atoms with Crippen LogP contribution in [0.25, 0.3) is 11.0 Å². The van der Waals surface area contributed by atoms with Gasteiger partial charge in [-0.15, -0.1) is 11.8 Å². The minimum absolute atomic E-state index is 0.000448. The lowest BCUT2D eigenvalue weighted by Crippen LogP contribution is -2.20. The molecule has 23 heavy (non-hydrogen) atoms. The van der Waals surface area contributed by atoms with Crippen molar-refractivity contribution in [1.29, 1.82) is 0 Å². The van der Waals surface area contributed by atoms with Crippen LogP contribution in [0.5, 0.6) is 0 Å². The molecule has 0 spiro atoms. The second-order valence-corrected chi connectivity index (χ2v) is 8.53. The summed E-state index contributed by atoms with van der Waals surface area (Å²) in [6, 6.07) is 1.59. The van der Waals surface area contributed by atoms with E-state index in [4.69, 9.17) is 16.0 Å². The summed E-state index contributed by atoms with van der Waals surface area (Å²) in [5, 5.41) is 0.381. The van der Waals surface area contributed by atoms with E-state index in [1.54, 1.807) is 13.0 Å². The van der Waals surface area contributed by atoms with Gasteiger partial charge in [0.25, 0.3) is 0 Å². The minimum atomic E-state index is -4.77. The zero-order valence-corrected chi connectivity index (χ0v) is 14.9. The number of benzene rings is 1. The maximum absolute atomic E-state index is 13.0. The molecule has 0 aliphatic carbocycles. The molecule has 1 aromatic carbocycles. The van der Waals surface area contributed by atoms with Crippen molar-refractivity contribution in [3.63, 3.8) is 0 Å². The molecule has 2 nitrogen and oxygen atoms in total. The molecule has 0 bridgehead atoms. The third-order valence-electron chi connectivity index (χ3n) is 3.23. The molecular weight excluding hydrogens is 349 g/mol. The standard InChI is InChI=1S/C16H16ClF3O2S/c1-7-6-9-8(2)10(16(18,19)20)14(21)22-12(9)11(17)13(7)23-15(3,4)5/h6H,1-5H3. The van der Waals surface area contributed by atoms with E-state index in [1.165, 1.54) is 18.7 Å². The highest BCUT2D eigenvalue weighted by atomic mass is 35.5. The Kier molecular flexibility index (Phi) is 4.54. The van der Waals surface area contributed by atoms with Crippen LogP contribution in [-0.2, 0) is 6.18 Å². The summed E-state index contributed by atoms with van der Waals surface area (Å²) >= 11 is 7.80. The van der Waals surface area contributed by atoms with Crippen molar-refractivity contribution in [1.82, 2.24) is 0 Å². The molecule has 0 unspecified atom stereocenters. The molecule has 2 aromatic rings. The van der Waals surface area contributed by atoms with Gasteiger partial charge in [0.15, 0.2) is 5.58 Å². The van der Waals surface area contributed by atoms with Gasteiger partial charge >= 0.3 is 11.8 Å². The monoisotopic (exact) mass is 364 g/mol. The first-order chi connectivity index (χ1) is 10.3. The first-order valence-electron chi connectivity index (χ1n) is 6.85. The molecule has 1 aromatic heterocycles. The van der Waals surface area contributed by atoms with Gasteiger partial charge < -0.3 is 4.42 Å². The van der Waals surface area contributed by atoms with E-state index in [2.05, 4.69) is 0 Å². The highest BCUT2D eigenvalue weighted by Crippen LogP contribution is 2.43. The van der Waals surface area contributed by atoms with Crippen LogP contribution >= 0.6 is 23.4 Å². The molecule has 126 valence electrons. The van der Waals surface area contributed by atoms with Crippen molar-refractivity contribution < 1.29 is 17.6 Å². The van der Waals surface area contributed by atoms with Crippen molar-refractivity contribution in [2.24, 2.45) is 0 Å². The molecule has 7 heteroatoms. The summed E-state index contributed by atoms with van der Waals surface area (Å²) in [5.41, 5.74) is -2.12. The molecule has 0 aliphatic heterocycles. The van der Waals surface area contributed by atoms with E-state index in [0.717, 1.165) is 5.56 Å². The van der Waals surface area contributed by atoms with Crippen LogP contribution in [0.1, 0.15) is 37.5 Å². The highest BCUT2D eigenvalue weighted by molar-refractivity contribution is 8.00. The van der Waals surface area contributed by atoms with Crippen LogP contribution in [0.3, 0.4) is 0 Å². The number of fused-ring (bicyclic) bond motifs is 1. The lowest BCUT2D eigenvalue weighted by atomic mass is 10.0. The summed E-state index contributed by atoms with van der Waals surface area (Å²) < 4.78 is 43.9. The summed E-state index contributed by atoms with van der Waals surface area (Å²) in [6.07, 6.45) is -4.77. The third-order valence-corrected chi connectivity index (χ3v) is 5.05. The van der Waals surface area contributed by atoms with E-state index in [-0.39, 0.29) is 26.3 Å². The molecule has 0 saturated carbocycles. The molecule has 1 heterocycles. The van der Waals surface area contributed by atoms with Crippen LogP contribution < -0.4 is 5.63 Å². The van der Waals surface area contributed by atoms with E-state index >= 15 is 0 Å². The molecule has 0 radical (unpaired) electrons. The number of hydrogen-bond donors (Lipinski definition) is 0. The average molecular weight is 365 g/mol. The maximum Gasteiger partial charge on any atom is 0.423 e. The molecule has 0 saturated heterocycles. The second kappa shape index (κ2) is 5.74. The van der Waals surface area contributed by atoms with Crippen LogP contribution in [-0.4, -0.2) is 4.75 Å². The van der Waals surface area contributed by atoms with Gasteiger partial charge in [-0.05, 0) is 31.0 Å². The Morgan fingerprint density at radius 1 is 1.17 bits per heavy atom. The van der Waals surface area contributed by atoms with E-state index in [1.807, 2.05) is 20.8 Å². The predicted octanol–water partition coefficient (Wildman–Crippen LogP) is 5.97. The maximum atomic E-state index is 13.0. The number of aryl methyl sites for hydroxylation is 2. The molecule has 2 rings (SSSR count). The lowest BCUT2D eigenvalue weighted by molar-refractivity contribution is -0.140. The van der Waals surface area contributed by atoms with E-state index in [9.17, 15) is 18.0 Å². The van der Waals surface area contributed by atoms with Gasteiger partial charge in [-0.3, -0.25) is 0 Å². The van der Waals surface area contributed by atoms with E-state index in [0.29, 0.717) is 4.90 Å². The van der Waals surface area contributed by atoms with Gasteiger partial charge in [0, 0.05) is 15.0 Å². The topological polar surface area (TPSA) is 30.2 Å². The van der Waals surface area contributed by atoms with Crippen molar-refractivity contribution in [3.8, 4) is 0 Å². The van der Waals surface area contributed by atoms with Crippen molar-refractivity contribution in [3.05, 3.63) is 38.2 Å². The number of halogens is 4. The second-order valence-electron chi connectivity index (χ2n) is 6.31. The SMILES string of the molecule is Cc1cc2c(C)c(C(F)(F)F)c(=O)oc2c(Cl)c1SC(C)(C)C. The molecule has 0 fully saturated rings. The Balaban J connectivity index is 2.86. The van der Waals surface area contributed by atoms with Crippen molar-refractivity contribution >= 4 is 34.3 Å². The highest BCUT2D eigenvalue weighted by Gasteiger charge is 2.38. The molecule has 0 aliphatic rings. The number of rotatable bonds is 1. The summed E-state index contributed by atoms with van der Waals surface area (Å²) in [7, 11) is 0. The smallest absolute Gasteiger partial charge is 0.421 e. The van der Waals surface area contributed by atoms with Crippen LogP contribution in [0.2, 0.25) is 5.02 Å². The van der Waals surface area contributed by atoms with Crippen molar-refractivity contribution in [2.75, 3.05) is 0 Å². The lowest BCUT2D eigenvalue weighted by Gasteiger charge is -2.21. The largest absolute Gasteiger partial charge is 0.423 e. The Labute approximate surface area is 141 Å².